The van der Waals surface area contributed by atoms with E-state index in [-0.39, 0.29) is 10.6 Å². The molecule has 14 heavy (non-hydrogen) atoms. The first-order valence-electron chi connectivity index (χ1n) is 3.49. The monoisotopic (exact) mass is 254 g/mol. The summed E-state index contributed by atoms with van der Waals surface area (Å²) in [6, 6.07) is 6.13. The highest BCUT2D eigenvalue weighted by atomic mass is 35.5. The normalized spacial score (nSPS) is 14.8. The van der Waals surface area contributed by atoms with Gasteiger partial charge in [-0.05, 0) is 6.07 Å². The van der Waals surface area contributed by atoms with Crippen molar-refractivity contribution >= 4 is 41.0 Å². The van der Waals surface area contributed by atoms with Crippen molar-refractivity contribution in [2.45, 2.75) is 5.06 Å². The minimum absolute atomic E-state index is 0.0887. The quantitative estimate of drug-likeness (QED) is 0.845. The van der Waals surface area contributed by atoms with Crippen LogP contribution >= 0.6 is 35.1 Å². The highest BCUT2D eigenvalue weighted by Crippen LogP contribution is 2.36. The molecule has 1 atom stereocenters. The molecule has 0 heterocycles. The maximum absolute atomic E-state index is 10.8. The zero-order valence-corrected chi connectivity index (χ0v) is 8.97. The van der Waals surface area contributed by atoms with E-state index >= 15 is 0 Å². The number of carboxylic acid groups (broad SMARTS) is 1. The third-order valence-corrected chi connectivity index (χ3v) is 2.68. The Morgan fingerprint density at radius 3 is 2.43 bits per heavy atom. The van der Waals surface area contributed by atoms with E-state index in [4.69, 9.17) is 40.2 Å². The van der Waals surface area contributed by atoms with Crippen LogP contribution in [0.1, 0.15) is 5.56 Å². The van der Waals surface area contributed by atoms with Gasteiger partial charge in [-0.2, -0.15) is 0 Å². The Kier molecular flexibility index (Phi) is 3.61. The fourth-order valence-corrected chi connectivity index (χ4v) is 1.54. The predicted octanol–water partition coefficient (Wildman–Crippen LogP) is 2.99. The first kappa shape index (κ1) is 11.6. The highest BCUT2D eigenvalue weighted by Gasteiger charge is 2.41. The van der Waals surface area contributed by atoms with Gasteiger partial charge in [-0.25, -0.2) is 9.08 Å². The smallest absolute Gasteiger partial charge is 0.358 e. The molecule has 0 fully saturated rings. The SMILES string of the molecule is O=C(O)C(Cl)(OCl)c1ccccc1Cl. The fourth-order valence-electron chi connectivity index (χ4n) is 0.912. The lowest BCUT2D eigenvalue weighted by Crippen LogP contribution is -2.30. The van der Waals surface area contributed by atoms with Gasteiger partial charge in [-0.1, -0.05) is 41.4 Å². The molecule has 1 aromatic rings. The van der Waals surface area contributed by atoms with Crippen LogP contribution < -0.4 is 0 Å². The van der Waals surface area contributed by atoms with Crippen LogP contribution in [0.5, 0.6) is 0 Å². The lowest BCUT2D eigenvalue weighted by Gasteiger charge is -2.19. The molecule has 1 rings (SSSR count). The van der Waals surface area contributed by atoms with Crippen molar-refractivity contribution in [2.24, 2.45) is 0 Å². The van der Waals surface area contributed by atoms with Crippen LogP contribution in [0.2, 0.25) is 5.02 Å². The summed E-state index contributed by atoms with van der Waals surface area (Å²) < 4.78 is 4.22. The maximum Gasteiger partial charge on any atom is 0.358 e. The Morgan fingerprint density at radius 1 is 1.43 bits per heavy atom. The van der Waals surface area contributed by atoms with Crippen molar-refractivity contribution in [1.82, 2.24) is 0 Å². The number of rotatable bonds is 3. The standard InChI is InChI=1S/C8H5Cl3O3/c9-6-4-2-1-3-5(6)8(10,14-11)7(12)13/h1-4H,(H,12,13). The number of alkyl halides is 1. The minimum atomic E-state index is -2.15. The van der Waals surface area contributed by atoms with E-state index in [1.807, 2.05) is 0 Å². The van der Waals surface area contributed by atoms with E-state index < -0.39 is 11.0 Å². The molecule has 1 unspecified atom stereocenters. The van der Waals surface area contributed by atoms with Gasteiger partial charge in [-0.3, -0.25) is 0 Å². The van der Waals surface area contributed by atoms with Crippen molar-refractivity contribution in [2.75, 3.05) is 0 Å². The van der Waals surface area contributed by atoms with Gasteiger partial charge in [0.25, 0.3) is 5.06 Å². The largest absolute Gasteiger partial charge is 0.478 e. The van der Waals surface area contributed by atoms with Crippen LogP contribution in [0.4, 0.5) is 0 Å². The predicted molar refractivity (Wildman–Crippen MR) is 53.6 cm³/mol. The Balaban J connectivity index is 3.26. The van der Waals surface area contributed by atoms with Gasteiger partial charge >= 0.3 is 5.97 Å². The molecule has 0 saturated carbocycles. The first-order valence-corrected chi connectivity index (χ1v) is 4.56. The van der Waals surface area contributed by atoms with E-state index in [1.54, 1.807) is 12.1 Å². The number of carbonyl (C=O) groups is 1. The maximum atomic E-state index is 10.8. The molecule has 76 valence electrons. The number of hydrogen-bond donors (Lipinski definition) is 1. The summed E-state index contributed by atoms with van der Waals surface area (Å²) in [5, 5.41) is 6.83. The van der Waals surface area contributed by atoms with Crippen molar-refractivity contribution in [3.05, 3.63) is 34.9 Å². The van der Waals surface area contributed by atoms with Crippen LogP contribution in [-0.2, 0) is 14.1 Å². The average molecular weight is 255 g/mol. The highest BCUT2D eigenvalue weighted by molar-refractivity contribution is 6.37. The summed E-state index contributed by atoms with van der Waals surface area (Å²) in [6.07, 6.45) is 0. The molecule has 1 aromatic carbocycles. The van der Waals surface area contributed by atoms with E-state index in [0.29, 0.717) is 0 Å². The number of hydrogen-bond acceptors (Lipinski definition) is 2. The summed E-state index contributed by atoms with van der Waals surface area (Å²) in [6.45, 7) is 0. The molecule has 3 nitrogen and oxygen atoms in total. The van der Waals surface area contributed by atoms with Crippen LogP contribution in [0.3, 0.4) is 0 Å². The van der Waals surface area contributed by atoms with Crippen molar-refractivity contribution in [1.29, 1.82) is 0 Å². The van der Waals surface area contributed by atoms with Gasteiger partial charge in [0.15, 0.2) is 0 Å². The summed E-state index contributed by atoms with van der Waals surface area (Å²) in [4.78, 5) is 10.8. The molecule has 6 heteroatoms. The Hall–Kier alpha value is -0.480. The van der Waals surface area contributed by atoms with Crippen LogP contribution in [0, 0.1) is 0 Å². The van der Waals surface area contributed by atoms with Gasteiger partial charge in [0.2, 0.25) is 0 Å². The summed E-state index contributed by atoms with van der Waals surface area (Å²) in [5.74, 6) is -1.43. The zero-order valence-electron chi connectivity index (χ0n) is 6.71. The molecular weight excluding hydrogens is 250 g/mol. The molecule has 0 aromatic heterocycles. The van der Waals surface area contributed by atoms with Crippen molar-refractivity contribution in [3.63, 3.8) is 0 Å². The average Bonchev–Trinajstić information content (AvgIpc) is 2.17. The van der Waals surface area contributed by atoms with Crippen LogP contribution in [-0.4, -0.2) is 11.1 Å². The third-order valence-electron chi connectivity index (χ3n) is 1.60. The van der Waals surface area contributed by atoms with Gasteiger partial charge < -0.3 is 5.11 Å². The van der Waals surface area contributed by atoms with Crippen LogP contribution in [0.15, 0.2) is 24.3 Å². The second-order valence-electron chi connectivity index (χ2n) is 2.46. The third kappa shape index (κ3) is 1.96. The second kappa shape index (κ2) is 4.36. The second-order valence-corrected chi connectivity index (χ2v) is 3.55. The van der Waals surface area contributed by atoms with E-state index in [2.05, 4.69) is 4.29 Å². The summed E-state index contributed by atoms with van der Waals surface area (Å²) in [5.41, 5.74) is 0.0887. The summed E-state index contributed by atoms with van der Waals surface area (Å²) >= 11 is 16.4. The molecule has 0 spiro atoms. The molecule has 0 aliphatic rings. The lowest BCUT2D eigenvalue weighted by molar-refractivity contribution is -0.148. The number of benzene rings is 1. The van der Waals surface area contributed by atoms with Crippen molar-refractivity contribution in [3.8, 4) is 0 Å². The van der Waals surface area contributed by atoms with E-state index in [1.165, 1.54) is 12.1 Å². The summed E-state index contributed by atoms with van der Waals surface area (Å²) in [7, 11) is 0. The van der Waals surface area contributed by atoms with E-state index in [0.717, 1.165) is 0 Å². The topological polar surface area (TPSA) is 46.5 Å². The van der Waals surface area contributed by atoms with Gasteiger partial charge in [0.05, 0.1) is 11.9 Å². The zero-order chi connectivity index (χ0) is 10.8. The number of aliphatic carboxylic acids is 1. The molecule has 0 saturated heterocycles. The lowest BCUT2D eigenvalue weighted by atomic mass is 10.1. The minimum Gasteiger partial charge on any atom is -0.478 e. The number of halogens is 3. The molecule has 0 aliphatic heterocycles. The van der Waals surface area contributed by atoms with E-state index in [9.17, 15) is 4.79 Å². The Labute approximate surface area is 95.3 Å². The molecule has 1 N–H and O–H groups in total. The molecule has 0 bridgehead atoms. The van der Waals surface area contributed by atoms with Crippen molar-refractivity contribution < 1.29 is 14.2 Å². The Morgan fingerprint density at radius 2 is 2.00 bits per heavy atom. The van der Waals surface area contributed by atoms with Gasteiger partial charge in [0.1, 0.15) is 0 Å². The van der Waals surface area contributed by atoms with Gasteiger partial charge in [-0.15, -0.1) is 0 Å². The Bertz CT molecular complexity index is 355. The molecular formula is C8H5Cl3O3. The molecule has 0 aliphatic carbocycles. The van der Waals surface area contributed by atoms with Gasteiger partial charge in [0, 0.05) is 10.6 Å². The van der Waals surface area contributed by atoms with Crippen LogP contribution in [0.25, 0.3) is 0 Å². The molecule has 0 radical (unpaired) electrons. The number of carboxylic acids is 1. The fraction of sp³-hybridized carbons (Fsp3) is 0.125. The first-order chi connectivity index (χ1) is 6.52. The molecule has 0 amide bonds.